The summed E-state index contributed by atoms with van der Waals surface area (Å²) in [6, 6.07) is 4.52. The molecule has 2 aromatic heterocycles. The Labute approximate surface area is 123 Å². The van der Waals surface area contributed by atoms with Gasteiger partial charge in [0.2, 0.25) is 0 Å². The number of aromatic nitrogens is 5. The molecule has 2 aliphatic rings. The maximum Gasteiger partial charge on any atom is 0.200 e. The molecule has 2 fully saturated rings. The van der Waals surface area contributed by atoms with Crippen molar-refractivity contribution in [3.8, 4) is 0 Å². The summed E-state index contributed by atoms with van der Waals surface area (Å²) >= 11 is 0. The van der Waals surface area contributed by atoms with Gasteiger partial charge in [-0.15, -0.1) is 14.8 Å². The van der Waals surface area contributed by atoms with Crippen molar-refractivity contribution in [1.29, 1.82) is 0 Å². The summed E-state index contributed by atoms with van der Waals surface area (Å²) in [7, 11) is 0. The zero-order valence-electron chi connectivity index (χ0n) is 12.1. The summed E-state index contributed by atoms with van der Waals surface area (Å²) in [5, 5.41) is 16.1. The Bertz CT molecular complexity index is 602. The van der Waals surface area contributed by atoms with Crippen LogP contribution >= 0.6 is 0 Å². The highest BCUT2D eigenvalue weighted by Crippen LogP contribution is 2.28. The molecule has 1 aliphatic heterocycles. The van der Waals surface area contributed by atoms with Gasteiger partial charge in [-0.25, -0.2) is 0 Å². The minimum Gasteiger partial charge on any atom is -0.376 e. The van der Waals surface area contributed by atoms with E-state index in [1.807, 2.05) is 12.1 Å². The third kappa shape index (κ3) is 2.57. The van der Waals surface area contributed by atoms with E-state index in [0.29, 0.717) is 17.8 Å². The van der Waals surface area contributed by atoms with Gasteiger partial charge in [-0.3, -0.25) is 0 Å². The largest absolute Gasteiger partial charge is 0.376 e. The normalized spacial score (nSPS) is 23.1. The van der Waals surface area contributed by atoms with Crippen molar-refractivity contribution in [1.82, 2.24) is 25.3 Å². The van der Waals surface area contributed by atoms with Crippen LogP contribution in [0.4, 0.5) is 5.82 Å². The minimum absolute atomic E-state index is 0.331. The second-order valence-electron chi connectivity index (χ2n) is 5.94. The fourth-order valence-electron chi connectivity index (χ4n) is 3.45. The smallest absolute Gasteiger partial charge is 0.200 e. The van der Waals surface area contributed by atoms with E-state index >= 15 is 0 Å². The first-order valence-electron chi connectivity index (χ1n) is 7.84. The molecule has 0 aromatic carbocycles. The van der Waals surface area contributed by atoms with Crippen molar-refractivity contribution in [3.05, 3.63) is 12.1 Å². The molecule has 21 heavy (non-hydrogen) atoms. The highest BCUT2D eigenvalue weighted by Gasteiger charge is 2.28. The van der Waals surface area contributed by atoms with Crippen molar-refractivity contribution in [2.75, 3.05) is 18.1 Å². The first-order valence-corrected chi connectivity index (χ1v) is 7.84. The maximum atomic E-state index is 5.82. The lowest BCUT2D eigenvalue weighted by Gasteiger charge is -2.31. The zero-order chi connectivity index (χ0) is 14.1. The SMILES string of the molecule is c1cc2nnnn2nc1N(CC1CCCO1)C1CCCC1. The van der Waals surface area contributed by atoms with E-state index in [9.17, 15) is 0 Å². The molecule has 1 saturated heterocycles. The Balaban J connectivity index is 1.62. The number of fused-ring (bicyclic) bond motifs is 1. The molecule has 0 radical (unpaired) electrons. The van der Waals surface area contributed by atoms with Crippen molar-refractivity contribution >= 4 is 11.5 Å². The van der Waals surface area contributed by atoms with Crippen molar-refractivity contribution in [2.24, 2.45) is 0 Å². The van der Waals surface area contributed by atoms with Crippen LogP contribution in [0.1, 0.15) is 38.5 Å². The Morgan fingerprint density at radius 1 is 1.19 bits per heavy atom. The van der Waals surface area contributed by atoms with Gasteiger partial charge in [-0.1, -0.05) is 12.8 Å². The van der Waals surface area contributed by atoms with Crippen LogP contribution in [-0.4, -0.2) is 50.6 Å². The first kappa shape index (κ1) is 12.9. The lowest BCUT2D eigenvalue weighted by molar-refractivity contribution is 0.113. The average Bonchev–Trinajstić information content (AvgIpc) is 3.24. The lowest BCUT2D eigenvalue weighted by Crippen LogP contribution is -2.40. The summed E-state index contributed by atoms with van der Waals surface area (Å²) in [6.07, 6.45) is 7.74. The van der Waals surface area contributed by atoms with Gasteiger partial charge >= 0.3 is 0 Å². The molecule has 0 bridgehead atoms. The molecule has 0 N–H and O–H groups in total. The van der Waals surface area contributed by atoms with E-state index in [0.717, 1.165) is 25.4 Å². The van der Waals surface area contributed by atoms with Crippen molar-refractivity contribution in [3.63, 3.8) is 0 Å². The van der Waals surface area contributed by atoms with Crippen LogP contribution in [0.5, 0.6) is 0 Å². The predicted octanol–water partition coefficient (Wildman–Crippen LogP) is 1.45. The molecule has 0 spiro atoms. The van der Waals surface area contributed by atoms with E-state index in [1.165, 1.54) is 36.7 Å². The van der Waals surface area contributed by atoms with Gasteiger partial charge in [0.15, 0.2) is 11.5 Å². The van der Waals surface area contributed by atoms with Gasteiger partial charge in [0, 0.05) is 19.2 Å². The fraction of sp³-hybridized carbons (Fsp3) is 0.714. The Morgan fingerprint density at radius 3 is 2.90 bits per heavy atom. The lowest BCUT2D eigenvalue weighted by atomic mass is 10.1. The molecule has 0 amide bonds. The molecule has 1 aliphatic carbocycles. The second-order valence-corrected chi connectivity index (χ2v) is 5.94. The highest BCUT2D eigenvalue weighted by atomic mass is 16.5. The van der Waals surface area contributed by atoms with Crippen LogP contribution in [0.3, 0.4) is 0 Å². The Kier molecular flexibility index (Phi) is 3.42. The van der Waals surface area contributed by atoms with E-state index in [4.69, 9.17) is 4.74 Å². The monoisotopic (exact) mass is 288 g/mol. The third-order valence-corrected chi connectivity index (χ3v) is 4.54. The minimum atomic E-state index is 0.331. The Hall–Kier alpha value is -1.76. The van der Waals surface area contributed by atoms with Crippen LogP contribution in [0.25, 0.3) is 5.65 Å². The number of anilines is 1. The van der Waals surface area contributed by atoms with Gasteiger partial charge in [-0.05, 0) is 48.2 Å². The molecule has 7 nitrogen and oxygen atoms in total. The summed E-state index contributed by atoms with van der Waals surface area (Å²) in [5.74, 6) is 0.956. The molecule has 3 heterocycles. The number of ether oxygens (including phenoxy) is 1. The molecular formula is C14H20N6O. The first-order chi connectivity index (χ1) is 10.4. The number of rotatable bonds is 4. The average molecular weight is 288 g/mol. The summed E-state index contributed by atoms with van der Waals surface area (Å²) < 4.78 is 7.33. The van der Waals surface area contributed by atoms with E-state index in [-0.39, 0.29) is 0 Å². The topological polar surface area (TPSA) is 68.4 Å². The van der Waals surface area contributed by atoms with E-state index < -0.39 is 0 Å². The van der Waals surface area contributed by atoms with Crippen molar-refractivity contribution < 1.29 is 4.74 Å². The van der Waals surface area contributed by atoms with Crippen LogP contribution in [0, 0.1) is 0 Å². The number of nitrogens with zero attached hydrogens (tertiary/aromatic N) is 6. The molecule has 112 valence electrons. The van der Waals surface area contributed by atoms with Crippen molar-refractivity contribution in [2.45, 2.75) is 50.7 Å². The number of tetrazole rings is 1. The van der Waals surface area contributed by atoms with Crippen LogP contribution in [0.15, 0.2) is 12.1 Å². The van der Waals surface area contributed by atoms with Gasteiger partial charge in [0.25, 0.3) is 0 Å². The maximum absolute atomic E-state index is 5.82. The number of hydrogen-bond donors (Lipinski definition) is 0. The molecule has 7 heteroatoms. The summed E-state index contributed by atoms with van der Waals surface area (Å²) in [4.78, 5) is 2.41. The predicted molar refractivity (Wildman–Crippen MR) is 77.2 cm³/mol. The molecular weight excluding hydrogens is 268 g/mol. The molecule has 1 saturated carbocycles. The zero-order valence-corrected chi connectivity index (χ0v) is 12.1. The summed E-state index contributed by atoms with van der Waals surface area (Å²) in [5.41, 5.74) is 0.683. The van der Waals surface area contributed by atoms with Gasteiger partial charge in [-0.2, -0.15) is 0 Å². The second kappa shape index (κ2) is 5.55. The van der Waals surface area contributed by atoms with E-state index in [2.05, 4.69) is 25.5 Å². The Morgan fingerprint density at radius 2 is 2.10 bits per heavy atom. The number of hydrogen-bond acceptors (Lipinski definition) is 6. The molecule has 1 atom stereocenters. The fourth-order valence-corrected chi connectivity index (χ4v) is 3.45. The third-order valence-electron chi connectivity index (χ3n) is 4.54. The molecule has 2 aromatic rings. The molecule has 4 rings (SSSR count). The molecule has 1 unspecified atom stereocenters. The highest BCUT2D eigenvalue weighted by molar-refractivity contribution is 5.45. The van der Waals surface area contributed by atoms with E-state index in [1.54, 1.807) is 0 Å². The van der Waals surface area contributed by atoms with Gasteiger partial charge in [0.1, 0.15) is 0 Å². The van der Waals surface area contributed by atoms with Crippen LogP contribution in [0.2, 0.25) is 0 Å². The quantitative estimate of drug-likeness (QED) is 0.848. The standard InChI is InChI=1S/C14H20N6O/c1-2-5-11(4-1)19(10-12-6-3-9-21-12)14-8-7-13-15-17-18-20(13)16-14/h7-8,11-12H,1-6,9-10H2. The van der Waals surface area contributed by atoms with Crippen LogP contribution < -0.4 is 4.90 Å². The van der Waals surface area contributed by atoms with Crippen LogP contribution in [-0.2, 0) is 4.74 Å². The van der Waals surface area contributed by atoms with Gasteiger partial charge in [0.05, 0.1) is 6.10 Å². The summed E-state index contributed by atoms with van der Waals surface area (Å²) in [6.45, 7) is 1.81. The van der Waals surface area contributed by atoms with Gasteiger partial charge < -0.3 is 9.64 Å².